The Morgan fingerprint density at radius 1 is 0.783 bits per heavy atom. The fraction of sp³-hybridized carbons (Fsp3) is 0.333. The van der Waals surface area contributed by atoms with Crippen molar-refractivity contribution in [2.75, 3.05) is 11.5 Å². The molecule has 0 spiro atoms. The zero-order valence-corrected chi connectivity index (χ0v) is 13.2. The van der Waals surface area contributed by atoms with Crippen molar-refractivity contribution in [3.05, 3.63) is 59.2 Å². The second kappa shape index (κ2) is 6.04. The van der Waals surface area contributed by atoms with Gasteiger partial charge in [0.2, 0.25) is 0 Å². The van der Waals surface area contributed by atoms with Crippen LogP contribution in [0.5, 0.6) is 11.5 Å². The molecule has 0 saturated heterocycles. The van der Waals surface area contributed by atoms with E-state index in [2.05, 4.69) is 0 Å². The first kappa shape index (κ1) is 14.8. The summed E-state index contributed by atoms with van der Waals surface area (Å²) in [5, 5.41) is 0. The summed E-state index contributed by atoms with van der Waals surface area (Å²) in [5.74, 6) is 1.38. The molecule has 0 N–H and O–H groups in total. The standard InChI is InChI=1S/C18H16F2O2S/c19-15-5-1-3-11-7-13-9-23-10-14(21-17(11)15)8-12-4-2-6-16(20)18(12)22-13/h1-6,13-14H,7-10H2/t13-,14-/m0/s1. The van der Waals surface area contributed by atoms with Crippen LogP contribution < -0.4 is 9.47 Å². The van der Waals surface area contributed by atoms with Crippen LogP contribution in [0, 0.1) is 11.6 Å². The number of thioether (sulfide) groups is 1. The van der Waals surface area contributed by atoms with Gasteiger partial charge >= 0.3 is 0 Å². The number of hydrogen-bond acceptors (Lipinski definition) is 3. The second-order valence-corrected chi connectivity index (χ2v) is 6.96. The zero-order chi connectivity index (χ0) is 15.8. The maximum Gasteiger partial charge on any atom is 0.165 e. The summed E-state index contributed by atoms with van der Waals surface area (Å²) in [7, 11) is 0. The van der Waals surface area contributed by atoms with Gasteiger partial charge in [0.25, 0.3) is 0 Å². The second-order valence-electron chi connectivity index (χ2n) is 5.88. The lowest BCUT2D eigenvalue weighted by molar-refractivity contribution is 0.188. The maximum absolute atomic E-state index is 14.2. The molecule has 23 heavy (non-hydrogen) atoms. The molecule has 2 aromatic rings. The molecule has 2 nitrogen and oxygen atoms in total. The molecule has 0 radical (unpaired) electrons. The van der Waals surface area contributed by atoms with Crippen LogP contribution in [0.3, 0.4) is 0 Å². The molecule has 4 rings (SSSR count). The van der Waals surface area contributed by atoms with Gasteiger partial charge in [-0.1, -0.05) is 24.3 Å². The Balaban J connectivity index is 1.82. The predicted octanol–water partition coefficient (Wildman–Crippen LogP) is 4.01. The van der Waals surface area contributed by atoms with E-state index in [0.29, 0.717) is 24.3 Å². The van der Waals surface area contributed by atoms with Crippen molar-refractivity contribution in [3.63, 3.8) is 0 Å². The molecular weight excluding hydrogens is 318 g/mol. The highest BCUT2D eigenvalue weighted by Crippen LogP contribution is 2.34. The Kier molecular flexibility index (Phi) is 3.89. The molecule has 2 aliphatic rings. The number of fused-ring (bicyclic) bond motifs is 6. The summed E-state index contributed by atoms with van der Waals surface area (Å²) >= 11 is 1.71. The van der Waals surface area contributed by atoms with E-state index in [1.54, 1.807) is 23.9 Å². The van der Waals surface area contributed by atoms with E-state index in [1.165, 1.54) is 12.1 Å². The molecule has 0 saturated carbocycles. The minimum Gasteiger partial charge on any atom is -0.486 e. The van der Waals surface area contributed by atoms with Crippen LogP contribution in [0.1, 0.15) is 11.1 Å². The Morgan fingerprint density at radius 3 is 1.74 bits per heavy atom. The molecule has 2 heterocycles. The van der Waals surface area contributed by atoms with Crippen molar-refractivity contribution >= 4 is 11.8 Å². The molecule has 0 aromatic heterocycles. The van der Waals surface area contributed by atoms with E-state index in [-0.39, 0.29) is 23.8 Å². The van der Waals surface area contributed by atoms with Gasteiger partial charge in [-0.25, -0.2) is 8.78 Å². The highest BCUT2D eigenvalue weighted by atomic mass is 32.2. The number of benzene rings is 2. The van der Waals surface area contributed by atoms with Crippen LogP contribution in [-0.4, -0.2) is 23.7 Å². The number of halogens is 2. The van der Waals surface area contributed by atoms with E-state index in [4.69, 9.17) is 9.47 Å². The Morgan fingerprint density at radius 2 is 1.26 bits per heavy atom. The first-order valence-corrected chi connectivity index (χ1v) is 8.82. The minimum absolute atomic E-state index is 0.211. The minimum atomic E-state index is -0.349. The van der Waals surface area contributed by atoms with E-state index in [1.807, 2.05) is 12.1 Å². The third-order valence-corrected chi connectivity index (χ3v) is 5.38. The molecular formula is C18H16F2O2S. The summed E-state index contributed by atoms with van der Waals surface area (Å²) < 4.78 is 40.4. The molecule has 2 aliphatic heterocycles. The van der Waals surface area contributed by atoms with E-state index >= 15 is 0 Å². The van der Waals surface area contributed by atoms with Gasteiger partial charge in [-0.2, -0.15) is 11.8 Å². The van der Waals surface area contributed by atoms with Gasteiger partial charge in [0.05, 0.1) is 0 Å². The lowest BCUT2D eigenvalue weighted by Gasteiger charge is -2.24. The molecule has 120 valence electrons. The topological polar surface area (TPSA) is 18.5 Å². The number of ether oxygens (including phenoxy) is 2. The van der Waals surface area contributed by atoms with Crippen molar-refractivity contribution in [1.82, 2.24) is 0 Å². The van der Waals surface area contributed by atoms with Crippen molar-refractivity contribution in [2.45, 2.75) is 25.0 Å². The Hall–Kier alpha value is -1.75. The quantitative estimate of drug-likeness (QED) is 0.725. The van der Waals surface area contributed by atoms with Crippen molar-refractivity contribution < 1.29 is 18.3 Å². The van der Waals surface area contributed by atoms with Crippen LogP contribution in [0.4, 0.5) is 8.78 Å². The third kappa shape index (κ3) is 2.90. The SMILES string of the molecule is Fc1cccc2c1O[C@@H]1CSC[C@H](C2)Oc2c(F)cccc2C1. The van der Waals surface area contributed by atoms with Crippen molar-refractivity contribution in [1.29, 1.82) is 0 Å². The van der Waals surface area contributed by atoms with Crippen LogP contribution in [0.25, 0.3) is 0 Å². The molecule has 5 heteroatoms. The fourth-order valence-electron chi connectivity index (χ4n) is 3.12. The predicted molar refractivity (Wildman–Crippen MR) is 86.4 cm³/mol. The Bertz CT molecular complexity index is 673. The maximum atomic E-state index is 14.2. The number of hydrogen-bond donors (Lipinski definition) is 0. The van der Waals surface area contributed by atoms with Gasteiger partial charge in [0.1, 0.15) is 12.2 Å². The monoisotopic (exact) mass is 334 g/mol. The fourth-order valence-corrected chi connectivity index (χ4v) is 4.15. The van der Waals surface area contributed by atoms with Crippen molar-refractivity contribution in [2.24, 2.45) is 0 Å². The first-order chi connectivity index (χ1) is 11.2. The number of rotatable bonds is 0. The number of para-hydroxylation sites is 2. The average Bonchev–Trinajstić information content (AvgIpc) is 2.66. The molecule has 0 unspecified atom stereocenters. The molecule has 0 fully saturated rings. The van der Waals surface area contributed by atoms with E-state index < -0.39 is 0 Å². The van der Waals surface area contributed by atoms with Gasteiger partial charge in [0.15, 0.2) is 23.1 Å². The molecule has 2 aromatic carbocycles. The van der Waals surface area contributed by atoms with E-state index in [0.717, 1.165) is 22.6 Å². The van der Waals surface area contributed by atoms with Gasteiger partial charge < -0.3 is 9.47 Å². The zero-order valence-electron chi connectivity index (χ0n) is 12.4. The smallest absolute Gasteiger partial charge is 0.165 e. The molecule has 0 aliphatic carbocycles. The van der Waals surface area contributed by atoms with Crippen LogP contribution in [0.15, 0.2) is 36.4 Å². The van der Waals surface area contributed by atoms with Gasteiger partial charge in [-0.3, -0.25) is 0 Å². The summed E-state index contributed by atoms with van der Waals surface area (Å²) in [6.45, 7) is 0. The summed E-state index contributed by atoms with van der Waals surface area (Å²) in [6, 6.07) is 9.88. The lowest BCUT2D eigenvalue weighted by Crippen LogP contribution is -2.25. The summed E-state index contributed by atoms with van der Waals surface area (Å²) in [5.41, 5.74) is 1.56. The summed E-state index contributed by atoms with van der Waals surface area (Å²) in [6.07, 6.45) is 0.578. The van der Waals surface area contributed by atoms with Crippen LogP contribution in [0.2, 0.25) is 0 Å². The normalized spacial score (nSPS) is 23.0. The molecule has 0 amide bonds. The van der Waals surface area contributed by atoms with E-state index in [9.17, 15) is 8.78 Å². The highest BCUT2D eigenvalue weighted by Gasteiger charge is 2.28. The average molecular weight is 334 g/mol. The molecule has 2 atom stereocenters. The van der Waals surface area contributed by atoms with Gasteiger partial charge in [-0.05, 0) is 12.1 Å². The first-order valence-electron chi connectivity index (χ1n) is 7.66. The largest absolute Gasteiger partial charge is 0.486 e. The van der Waals surface area contributed by atoms with Crippen LogP contribution >= 0.6 is 11.8 Å². The van der Waals surface area contributed by atoms with Crippen molar-refractivity contribution in [3.8, 4) is 11.5 Å². The molecule has 2 bridgehead atoms. The van der Waals surface area contributed by atoms with Gasteiger partial charge in [0, 0.05) is 35.5 Å². The van der Waals surface area contributed by atoms with Crippen LogP contribution in [-0.2, 0) is 12.8 Å². The Labute approximate surface area is 137 Å². The summed E-state index contributed by atoms with van der Waals surface area (Å²) in [4.78, 5) is 0. The lowest BCUT2D eigenvalue weighted by atomic mass is 10.0. The highest BCUT2D eigenvalue weighted by molar-refractivity contribution is 7.99. The third-order valence-electron chi connectivity index (χ3n) is 4.17. The van der Waals surface area contributed by atoms with Gasteiger partial charge in [-0.15, -0.1) is 0 Å².